The third-order valence-electron chi connectivity index (χ3n) is 2.60. The molecule has 1 aromatic carbocycles. The number of hydrogen-bond donors (Lipinski definition) is 2. The SMILES string of the molecule is COc1c(C)cc(Cl)cc1-c1n[nH]c(CCN)n1. The molecule has 0 aliphatic carbocycles. The number of ether oxygens (including phenoxy) is 1. The highest BCUT2D eigenvalue weighted by molar-refractivity contribution is 6.31. The fourth-order valence-corrected chi connectivity index (χ4v) is 2.10. The summed E-state index contributed by atoms with van der Waals surface area (Å²) < 4.78 is 5.38. The van der Waals surface area contributed by atoms with Gasteiger partial charge in [-0.05, 0) is 31.2 Å². The van der Waals surface area contributed by atoms with E-state index in [2.05, 4.69) is 15.2 Å². The second kappa shape index (κ2) is 5.37. The fourth-order valence-electron chi connectivity index (χ4n) is 1.83. The van der Waals surface area contributed by atoms with Gasteiger partial charge >= 0.3 is 0 Å². The number of aromatic nitrogens is 3. The molecule has 5 nitrogen and oxygen atoms in total. The van der Waals surface area contributed by atoms with E-state index in [1.54, 1.807) is 13.2 Å². The molecule has 0 aliphatic rings. The second-order valence-electron chi connectivity index (χ2n) is 3.95. The highest BCUT2D eigenvalue weighted by atomic mass is 35.5. The normalized spacial score (nSPS) is 10.7. The molecule has 2 aromatic rings. The molecule has 2 rings (SSSR count). The summed E-state index contributed by atoms with van der Waals surface area (Å²) in [6.45, 7) is 2.46. The Kier molecular flexibility index (Phi) is 3.84. The van der Waals surface area contributed by atoms with Crippen molar-refractivity contribution in [3.8, 4) is 17.1 Å². The summed E-state index contributed by atoms with van der Waals surface area (Å²) in [4.78, 5) is 4.38. The van der Waals surface area contributed by atoms with Crippen molar-refractivity contribution in [2.24, 2.45) is 5.73 Å². The Morgan fingerprint density at radius 3 is 2.89 bits per heavy atom. The van der Waals surface area contributed by atoms with Gasteiger partial charge in [0.25, 0.3) is 0 Å². The van der Waals surface area contributed by atoms with E-state index in [1.165, 1.54) is 0 Å². The van der Waals surface area contributed by atoms with E-state index < -0.39 is 0 Å². The van der Waals surface area contributed by atoms with Gasteiger partial charge in [-0.15, -0.1) is 0 Å². The summed E-state index contributed by atoms with van der Waals surface area (Å²) in [5.41, 5.74) is 7.21. The van der Waals surface area contributed by atoms with Crippen LogP contribution in [0.3, 0.4) is 0 Å². The molecule has 6 heteroatoms. The highest BCUT2D eigenvalue weighted by Crippen LogP contribution is 2.33. The molecule has 0 bridgehead atoms. The average Bonchev–Trinajstić information content (AvgIpc) is 2.77. The van der Waals surface area contributed by atoms with Crippen molar-refractivity contribution in [2.75, 3.05) is 13.7 Å². The van der Waals surface area contributed by atoms with Crippen molar-refractivity contribution >= 4 is 11.6 Å². The van der Waals surface area contributed by atoms with Crippen LogP contribution in [-0.2, 0) is 6.42 Å². The van der Waals surface area contributed by atoms with Crippen LogP contribution in [0.2, 0.25) is 5.02 Å². The molecule has 0 radical (unpaired) electrons. The zero-order chi connectivity index (χ0) is 13.1. The van der Waals surface area contributed by atoms with Crippen molar-refractivity contribution in [3.05, 3.63) is 28.5 Å². The van der Waals surface area contributed by atoms with Gasteiger partial charge in [-0.1, -0.05) is 11.6 Å². The molecular formula is C12H15ClN4O. The lowest BCUT2D eigenvalue weighted by Gasteiger charge is -2.09. The van der Waals surface area contributed by atoms with E-state index in [4.69, 9.17) is 22.1 Å². The Morgan fingerprint density at radius 2 is 2.22 bits per heavy atom. The van der Waals surface area contributed by atoms with Crippen molar-refractivity contribution < 1.29 is 4.74 Å². The third-order valence-corrected chi connectivity index (χ3v) is 2.82. The maximum atomic E-state index is 6.06. The van der Waals surface area contributed by atoms with Gasteiger partial charge in [0, 0.05) is 11.4 Å². The zero-order valence-corrected chi connectivity index (χ0v) is 11.1. The molecule has 3 N–H and O–H groups in total. The summed E-state index contributed by atoms with van der Waals surface area (Å²) in [6, 6.07) is 3.64. The Balaban J connectivity index is 2.48. The van der Waals surface area contributed by atoms with Crippen molar-refractivity contribution in [2.45, 2.75) is 13.3 Å². The van der Waals surface area contributed by atoms with Gasteiger partial charge in [-0.25, -0.2) is 4.98 Å². The number of nitrogens with zero attached hydrogens (tertiary/aromatic N) is 2. The number of rotatable bonds is 4. The molecule has 0 unspecified atom stereocenters. The van der Waals surface area contributed by atoms with Crippen LogP contribution in [0.1, 0.15) is 11.4 Å². The maximum absolute atomic E-state index is 6.06. The third kappa shape index (κ3) is 2.47. The van der Waals surface area contributed by atoms with Gasteiger partial charge in [0.05, 0.1) is 12.7 Å². The van der Waals surface area contributed by atoms with Crippen LogP contribution in [-0.4, -0.2) is 28.8 Å². The summed E-state index contributed by atoms with van der Waals surface area (Å²) in [5, 5.41) is 7.65. The molecule has 0 fully saturated rings. The molecule has 96 valence electrons. The summed E-state index contributed by atoms with van der Waals surface area (Å²) >= 11 is 6.06. The van der Waals surface area contributed by atoms with Gasteiger partial charge in [0.15, 0.2) is 5.82 Å². The lowest BCUT2D eigenvalue weighted by atomic mass is 10.1. The highest BCUT2D eigenvalue weighted by Gasteiger charge is 2.14. The fraction of sp³-hybridized carbons (Fsp3) is 0.333. The van der Waals surface area contributed by atoms with Crippen LogP contribution in [0.4, 0.5) is 0 Å². The Morgan fingerprint density at radius 1 is 1.44 bits per heavy atom. The van der Waals surface area contributed by atoms with Gasteiger partial charge in [0.1, 0.15) is 11.6 Å². The topological polar surface area (TPSA) is 76.8 Å². The van der Waals surface area contributed by atoms with Crippen LogP contribution in [0.25, 0.3) is 11.4 Å². The minimum Gasteiger partial charge on any atom is -0.496 e. The number of aromatic amines is 1. The number of nitrogens with one attached hydrogen (secondary N) is 1. The van der Waals surface area contributed by atoms with Crippen LogP contribution < -0.4 is 10.5 Å². The number of aryl methyl sites for hydroxylation is 1. The quantitative estimate of drug-likeness (QED) is 0.887. The minimum atomic E-state index is 0.528. The van der Waals surface area contributed by atoms with Crippen LogP contribution in [0.15, 0.2) is 12.1 Å². The molecule has 0 spiro atoms. The largest absolute Gasteiger partial charge is 0.496 e. The zero-order valence-electron chi connectivity index (χ0n) is 10.3. The van der Waals surface area contributed by atoms with Gasteiger partial charge in [-0.2, -0.15) is 5.10 Å². The second-order valence-corrected chi connectivity index (χ2v) is 4.38. The summed E-state index contributed by atoms with van der Waals surface area (Å²) in [7, 11) is 1.62. The van der Waals surface area contributed by atoms with Gasteiger partial charge < -0.3 is 10.5 Å². The summed E-state index contributed by atoms with van der Waals surface area (Å²) in [6.07, 6.45) is 0.662. The first-order valence-electron chi connectivity index (χ1n) is 5.61. The maximum Gasteiger partial charge on any atom is 0.184 e. The summed E-state index contributed by atoms with van der Waals surface area (Å²) in [5.74, 6) is 2.06. The predicted octanol–water partition coefficient (Wildman–Crippen LogP) is 1.94. The van der Waals surface area contributed by atoms with Crippen molar-refractivity contribution in [1.82, 2.24) is 15.2 Å². The number of halogens is 1. The predicted molar refractivity (Wildman–Crippen MR) is 70.9 cm³/mol. The molecule has 1 heterocycles. The van der Waals surface area contributed by atoms with E-state index in [-0.39, 0.29) is 0 Å². The minimum absolute atomic E-state index is 0.528. The van der Waals surface area contributed by atoms with Crippen molar-refractivity contribution in [3.63, 3.8) is 0 Å². The molecule has 0 atom stereocenters. The Bertz CT molecular complexity index is 553. The van der Waals surface area contributed by atoms with Gasteiger partial charge in [-0.3, -0.25) is 5.10 Å². The smallest absolute Gasteiger partial charge is 0.184 e. The van der Waals surface area contributed by atoms with Crippen LogP contribution >= 0.6 is 11.6 Å². The van der Waals surface area contributed by atoms with E-state index >= 15 is 0 Å². The first kappa shape index (κ1) is 12.9. The van der Waals surface area contributed by atoms with Gasteiger partial charge in [0.2, 0.25) is 0 Å². The standard InChI is InChI=1S/C12H15ClN4O/c1-7-5-8(13)6-9(11(7)18-2)12-15-10(3-4-14)16-17-12/h5-6H,3-4,14H2,1-2H3,(H,15,16,17). The van der Waals surface area contributed by atoms with Crippen molar-refractivity contribution in [1.29, 1.82) is 0 Å². The molecule has 0 amide bonds. The van der Waals surface area contributed by atoms with E-state index in [9.17, 15) is 0 Å². The monoisotopic (exact) mass is 266 g/mol. The first-order valence-corrected chi connectivity index (χ1v) is 5.99. The van der Waals surface area contributed by atoms with E-state index in [0.29, 0.717) is 23.8 Å². The number of hydrogen-bond acceptors (Lipinski definition) is 4. The lowest BCUT2D eigenvalue weighted by molar-refractivity contribution is 0.413. The number of benzene rings is 1. The Labute approximate surface area is 110 Å². The molecule has 0 saturated carbocycles. The van der Waals surface area contributed by atoms with Crippen LogP contribution in [0, 0.1) is 6.92 Å². The molecule has 18 heavy (non-hydrogen) atoms. The molecule has 0 saturated heterocycles. The average molecular weight is 267 g/mol. The molecule has 1 aromatic heterocycles. The Hall–Kier alpha value is -1.59. The van der Waals surface area contributed by atoms with E-state index in [0.717, 1.165) is 22.7 Å². The number of H-pyrrole nitrogens is 1. The number of methoxy groups -OCH3 is 1. The first-order chi connectivity index (χ1) is 8.65. The van der Waals surface area contributed by atoms with E-state index in [1.807, 2.05) is 13.0 Å². The number of nitrogens with two attached hydrogens (primary N) is 1. The molecule has 0 aliphatic heterocycles. The van der Waals surface area contributed by atoms with Crippen LogP contribution in [0.5, 0.6) is 5.75 Å². The molecular weight excluding hydrogens is 252 g/mol. The lowest BCUT2D eigenvalue weighted by Crippen LogP contribution is -2.03.